The van der Waals surface area contributed by atoms with Crippen LogP contribution in [0.2, 0.25) is 0 Å². The highest BCUT2D eigenvalue weighted by Crippen LogP contribution is 2.27. The number of aliphatic hydroxyl groups excluding tert-OH is 1. The molecule has 1 aromatic heterocycles. The molecule has 2 aromatic carbocycles. The maximum absolute atomic E-state index is 13.3. The summed E-state index contributed by atoms with van der Waals surface area (Å²) >= 11 is 0. The van der Waals surface area contributed by atoms with Crippen LogP contribution in [0.15, 0.2) is 53.4 Å². The number of aliphatic hydroxyl groups is 1. The minimum absolute atomic E-state index is 0.0794. The second-order valence-corrected chi connectivity index (χ2v) is 9.24. The van der Waals surface area contributed by atoms with Crippen LogP contribution >= 0.6 is 0 Å². The summed E-state index contributed by atoms with van der Waals surface area (Å²) in [6.45, 7) is 4.49. The molecule has 0 aliphatic carbocycles. The first-order chi connectivity index (χ1) is 14.5. The number of β-amino-alcohol motifs (C(OH)–C–C–N with tert-alkyl or cyclic N) is 1. The van der Waals surface area contributed by atoms with Gasteiger partial charge < -0.3 is 10.1 Å². The van der Waals surface area contributed by atoms with Gasteiger partial charge in [-0.05, 0) is 18.6 Å². The number of piperazine rings is 1. The van der Waals surface area contributed by atoms with Gasteiger partial charge in [0.15, 0.2) is 11.6 Å². The lowest BCUT2D eigenvalue weighted by molar-refractivity contribution is 0.151. The van der Waals surface area contributed by atoms with Gasteiger partial charge in [0.25, 0.3) is 0 Å². The van der Waals surface area contributed by atoms with Crippen LogP contribution < -0.4 is 0 Å². The van der Waals surface area contributed by atoms with E-state index in [-0.39, 0.29) is 11.5 Å². The van der Waals surface area contributed by atoms with Crippen molar-refractivity contribution in [3.05, 3.63) is 54.1 Å². The molecule has 0 bridgehead atoms. The van der Waals surface area contributed by atoms with Crippen LogP contribution in [0, 0.1) is 6.92 Å². The lowest BCUT2D eigenvalue weighted by atomic mass is 10.1. The van der Waals surface area contributed by atoms with Gasteiger partial charge in [-0.15, -0.1) is 10.2 Å². The van der Waals surface area contributed by atoms with Gasteiger partial charge >= 0.3 is 0 Å². The first-order valence-corrected chi connectivity index (χ1v) is 11.4. The van der Waals surface area contributed by atoms with Gasteiger partial charge in [-0.25, -0.2) is 8.42 Å². The molecule has 0 radical (unpaired) electrons. The molecule has 0 amide bonds. The minimum Gasteiger partial charge on any atom is -0.395 e. The lowest BCUT2D eigenvalue weighted by Gasteiger charge is -2.33. The molecule has 8 nitrogen and oxygen atoms in total. The molecule has 3 aromatic rings. The van der Waals surface area contributed by atoms with Gasteiger partial charge in [0, 0.05) is 43.9 Å². The standard InChI is InChI=1S/C21H25N5O3S/c1-16-7-8-18(21-22-20(23-24-21)17-5-3-2-4-6-17)15-19(16)30(28,29)26-11-9-25(10-12-26)13-14-27/h2-8,15,27H,9-14H2,1H3,(H,22,23,24). The normalized spacial score (nSPS) is 16.1. The van der Waals surface area contributed by atoms with Crippen molar-refractivity contribution in [2.45, 2.75) is 11.8 Å². The third kappa shape index (κ3) is 4.15. The summed E-state index contributed by atoms with van der Waals surface area (Å²) < 4.78 is 28.1. The molecule has 1 aliphatic heterocycles. The SMILES string of the molecule is Cc1ccc(-c2nnc(-c3ccccc3)[nH]2)cc1S(=O)(=O)N1CCN(CCO)CC1. The van der Waals surface area contributed by atoms with Crippen molar-refractivity contribution >= 4 is 10.0 Å². The second kappa shape index (κ2) is 8.65. The van der Waals surface area contributed by atoms with Crippen LogP contribution in [0.25, 0.3) is 22.8 Å². The van der Waals surface area contributed by atoms with Crippen LogP contribution in [0.4, 0.5) is 0 Å². The van der Waals surface area contributed by atoms with Crippen LogP contribution in [0.3, 0.4) is 0 Å². The average molecular weight is 428 g/mol. The van der Waals surface area contributed by atoms with E-state index < -0.39 is 10.0 Å². The second-order valence-electron chi connectivity index (χ2n) is 7.34. The van der Waals surface area contributed by atoms with Crippen molar-refractivity contribution in [3.8, 4) is 22.8 Å². The highest BCUT2D eigenvalue weighted by molar-refractivity contribution is 7.89. The number of nitrogens with one attached hydrogen (secondary N) is 1. The van der Waals surface area contributed by atoms with E-state index in [1.165, 1.54) is 4.31 Å². The monoisotopic (exact) mass is 427 g/mol. The van der Waals surface area contributed by atoms with Crippen molar-refractivity contribution in [2.24, 2.45) is 0 Å². The summed E-state index contributed by atoms with van der Waals surface area (Å²) in [6, 6.07) is 15.0. The van der Waals surface area contributed by atoms with E-state index >= 15 is 0 Å². The lowest BCUT2D eigenvalue weighted by Crippen LogP contribution is -2.49. The molecule has 2 heterocycles. The summed E-state index contributed by atoms with van der Waals surface area (Å²) in [5.41, 5.74) is 2.28. The molecule has 4 rings (SSSR count). The van der Waals surface area contributed by atoms with E-state index in [1.54, 1.807) is 19.1 Å². The zero-order valence-corrected chi connectivity index (χ0v) is 17.6. The van der Waals surface area contributed by atoms with Gasteiger partial charge in [0.1, 0.15) is 0 Å². The number of rotatable bonds is 6. The highest BCUT2D eigenvalue weighted by atomic mass is 32.2. The number of hydrogen-bond donors (Lipinski definition) is 2. The Morgan fingerprint density at radius 1 is 0.967 bits per heavy atom. The Morgan fingerprint density at radius 3 is 2.30 bits per heavy atom. The zero-order chi connectivity index (χ0) is 21.1. The molecule has 1 saturated heterocycles. The fourth-order valence-corrected chi connectivity index (χ4v) is 5.29. The van der Waals surface area contributed by atoms with E-state index in [2.05, 4.69) is 20.1 Å². The number of aromatic amines is 1. The average Bonchev–Trinajstić information content (AvgIpc) is 3.25. The van der Waals surface area contributed by atoms with E-state index in [0.29, 0.717) is 55.5 Å². The Balaban J connectivity index is 1.60. The Hall–Kier alpha value is -2.59. The number of H-pyrrole nitrogens is 1. The van der Waals surface area contributed by atoms with E-state index in [4.69, 9.17) is 5.11 Å². The quantitative estimate of drug-likeness (QED) is 0.621. The maximum atomic E-state index is 13.3. The van der Waals surface area contributed by atoms with Crippen molar-refractivity contribution in [3.63, 3.8) is 0 Å². The van der Waals surface area contributed by atoms with Gasteiger partial charge in [-0.1, -0.05) is 42.5 Å². The maximum Gasteiger partial charge on any atom is 0.243 e. The van der Waals surface area contributed by atoms with Crippen LogP contribution in [0.1, 0.15) is 5.56 Å². The predicted molar refractivity (Wildman–Crippen MR) is 114 cm³/mol. The summed E-state index contributed by atoms with van der Waals surface area (Å²) in [5.74, 6) is 1.16. The fourth-order valence-electron chi connectivity index (χ4n) is 3.62. The molecule has 0 spiro atoms. The molecule has 2 N–H and O–H groups in total. The minimum atomic E-state index is -3.62. The number of nitrogens with zero attached hydrogens (tertiary/aromatic N) is 4. The summed E-state index contributed by atoms with van der Waals surface area (Å²) in [6.07, 6.45) is 0. The topological polar surface area (TPSA) is 102 Å². The smallest absolute Gasteiger partial charge is 0.243 e. The van der Waals surface area contributed by atoms with Crippen molar-refractivity contribution in [1.82, 2.24) is 24.4 Å². The third-order valence-corrected chi connectivity index (χ3v) is 7.40. The summed E-state index contributed by atoms with van der Waals surface area (Å²) in [4.78, 5) is 5.53. The van der Waals surface area contributed by atoms with Gasteiger partial charge in [-0.2, -0.15) is 4.31 Å². The van der Waals surface area contributed by atoms with Crippen LogP contribution in [-0.4, -0.2) is 77.2 Å². The molecule has 1 aliphatic rings. The number of benzene rings is 2. The Kier molecular flexibility index (Phi) is 5.96. The van der Waals surface area contributed by atoms with Gasteiger partial charge in [-0.3, -0.25) is 4.90 Å². The van der Waals surface area contributed by atoms with Gasteiger partial charge in [0.2, 0.25) is 10.0 Å². The highest BCUT2D eigenvalue weighted by Gasteiger charge is 2.30. The van der Waals surface area contributed by atoms with E-state index in [1.807, 2.05) is 36.4 Å². The molecule has 0 atom stereocenters. The Bertz CT molecular complexity index is 1110. The third-order valence-electron chi connectivity index (χ3n) is 5.36. The first-order valence-electron chi connectivity index (χ1n) is 9.91. The summed E-state index contributed by atoms with van der Waals surface area (Å²) in [7, 11) is -3.62. The molecule has 1 fully saturated rings. The molecular weight excluding hydrogens is 402 g/mol. The molecule has 158 valence electrons. The first kappa shape index (κ1) is 20.7. The summed E-state index contributed by atoms with van der Waals surface area (Å²) in [5, 5.41) is 17.5. The Morgan fingerprint density at radius 2 is 1.63 bits per heavy atom. The Labute approximate surface area is 176 Å². The van der Waals surface area contributed by atoms with Crippen LogP contribution in [0.5, 0.6) is 0 Å². The molecule has 30 heavy (non-hydrogen) atoms. The molecule has 0 unspecified atom stereocenters. The van der Waals surface area contributed by atoms with Crippen molar-refractivity contribution in [2.75, 3.05) is 39.3 Å². The van der Waals surface area contributed by atoms with E-state index in [9.17, 15) is 8.42 Å². The number of hydrogen-bond acceptors (Lipinski definition) is 6. The number of aryl methyl sites for hydroxylation is 1. The fraction of sp³-hybridized carbons (Fsp3) is 0.333. The van der Waals surface area contributed by atoms with Crippen LogP contribution in [-0.2, 0) is 10.0 Å². The van der Waals surface area contributed by atoms with Crippen molar-refractivity contribution < 1.29 is 13.5 Å². The van der Waals surface area contributed by atoms with Gasteiger partial charge in [0.05, 0.1) is 11.5 Å². The molecule has 0 saturated carbocycles. The van der Waals surface area contributed by atoms with Crippen molar-refractivity contribution in [1.29, 1.82) is 0 Å². The number of aromatic nitrogens is 3. The van der Waals surface area contributed by atoms with E-state index in [0.717, 1.165) is 5.56 Å². The largest absolute Gasteiger partial charge is 0.395 e. The number of sulfonamides is 1. The zero-order valence-electron chi connectivity index (χ0n) is 16.8. The predicted octanol–water partition coefficient (Wildman–Crippen LogP) is 1.75. The molecular formula is C21H25N5O3S. The molecule has 9 heteroatoms.